The Bertz CT molecular complexity index is 475. The third-order valence-electron chi connectivity index (χ3n) is 4.12. The fourth-order valence-corrected chi connectivity index (χ4v) is 2.99. The van der Waals surface area contributed by atoms with Crippen molar-refractivity contribution in [3.8, 4) is 0 Å². The Morgan fingerprint density at radius 2 is 2.15 bits per heavy atom. The minimum atomic E-state index is -0.341. The lowest BCUT2D eigenvalue weighted by Crippen LogP contribution is -2.35. The van der Waals surface area contributed by atoms with E-state index in [0.717, 1.165) is 23.6 Å². The molecule has 0 saturated carbocycles. The van der Waals surface area contributed by atoms with Gasteiger partial charge in [-0.1, -0.05) is 36.7 Å². The highest BCUT2D eigenvalue weighted by molar-refractivity contribution is 6.31. The van der Waals surface area contributed by atoms with E-state index in [1.165, 1.54) is 0 Å². The molecule has 1 heterocycles. The van der Waals surface area contributed by atoms with Gasteiger partial charge in [0.05, 0.1) is 6.10 Å². The fraction of sp³-hybridized carbons (Fsp3) is 0.562. The van der Waals surface area contributed by atoms with E-state index in [9.17, 15) is 9.90 Å². The summed E-state index contributed by atoms with van der Waals surface area (Å²) < 4.78 is 0. The van der Waals surface area contributed by atoms with Gasteiger partial charge >= 0.3 is 0 Å². The van der Waals surface area contributed by atoms with Crippen LogP contribution < -0.4 is 0 Å². The van der Waals surface area contributed by atoms with Gasteiger partial charge in [0.2, 0.25) is 5.91 Å². The standard InChI is InChI=1S/C16H22ClNO2/c1-11(9-13-5-3-4-6-15(13)17)16(20)18-8-7-14(10-18)12(2)19/h3-6,11-12,14,19H,7-10H2,1-2H3. The van der Waals surface area contributed by atoms with E-state index in [0.29, 0.717) is 13.0 Å². The van der Waals surface area contributed by atoms with E-state index < -0.39 is 0 Å². The van der Waals surface area contributed by atoms with Crippen molar-refractivity contribution in [3.05, 3.63) is 34.9 Å². The van der Waals surface area contributed by atoms with Crippen LogP contribution in [0.5, 0.6) is 0 Å². The van der Waals surface area contributed by atoms with Crippen molar-refractivity contribution in [1.82, 2.24) is 4.90 Å². The van der Waals surface area contributed by atoms with Crippen LogP contribution in [-0.4, -0.2) is 35.1 Å². The summed E-state index contributed by atoms with van der Waals surface area (Å²) in [5.41, 5.74) is 1.02. The summed E-state index contributed by atoms with van der Waals surface area (Å²) in [7, 11) is 0. The van der Waals surface area contributed by atoms with Crippen LogP contribution in [-0.2, 0) is 11.2 Å². The van der Waals surface area contributed by atoms with Gasteiger partial charge in [0, 0.05) is 29.9 Å². The van der Waals surface area contributed by atoms with Crippen molar-refractivity contribution in [3.63, 3.8) is 0 Å². The summed E-state index contributed by atoms with van der Waals surface area (Å²) in [6, 6.07) is 7.66. The molecule has 1 N–H and O–H groups in total. The number of carbonyl (C=O) groups is 1. The first kappa shape index (κ1) is 15.3. The number of nitrogens with zero attached hydrogens (tertiary/aromatic N) is 1. The van der Waals surface area contributed by atoms with Crippen LogP contribution in [0, 0.1) is 11.8 Å². The van der Waals surface area contributed by atoms with E-state index in [1.807, 2.05) is 36.1 Å². The van der Waals surface area contributed by atoms with Gasteiger partial charge in [-0.2, -0.15) is 0 Å². The van der Waals surface area contributed by atoms with Crippen molar-refractivity contribution in [1.29, 1.82) is 0 Å². The lowest BCUT2D eigenvalue weighted by atomic mass is 9.99. The van der Waals surface area contributed by atoms with Gasteiger partial charge in [0.1, 0.15) is 0 Å². The minimum absolute atomic E-state index is 0.0809. The van der Waals surface area contributed by atoms with Crippen molar-refractivity contribution < 1.29 is 9.90 Å². The van der Waals surface area contributed by atoms with Crippen molar-refractivity contribution in [2.75, 3.05) is 13.1 Å². The van der Waals surface area contributed by atoms with Crippen molar-refractivity contribution in [2.45, 2.75) is 32.8 Å². The number of aliphatic hydroxyl groups excluding tert-OH is 1. The highest BCUT2D eigenvalue weighted by Gasteiger charge is 2.31. The summed E-state index contributed by atoms with van der Waals surface area (Å²) in [6.45, 7) is 5.16. The van der Waals surface area contributed by atoms with E-state index in [1.54, 1.807) is 6.92 Å². The second kappa shape index (κ2) is 6.59. The lowest BCUT2D eigenvalue weighted by molar-refractivity contribution is -0.134. The normalized spacial score (nSPS) is 21.8. The number of likely N-dealkylation sites (tertiary alicyclic amines) is 1. The number of benzene rings is 1. The predicted molar refractivity (Wildman–Crippen MR) is 80.7 cm³/mol. The lowest BCUT2D eigenvalue weighted by Gasteiger charge is -2.22. The predicted octanol–water partition coefficient (Wildman–Crippen LogP) is 2.75. The van der Waals surface area contributed by atoms with Gasteiger partial charge in [-0.05, 0) is 31.4 Å². The SMILES string of the molecule is CC(Cc1ccccc1Cl)C(=O)N1CCC(C(C)O)C1. The molecular weight excluding hydrogens is 274 g/mol. The van der Waals surface area contributed by atoms with Gasteiger partial charge < -0.3 is 10.0 Å². The Morgan fingerprint density at radius 3 is 2.75 bits per heavy atom. The van der Waals surface area contributed by atoms with Gasteiger partial charge in [0.15, 0.2) is 0 Å². The molecule has 3 atom stereocenters. The van der Waals surface area contributed by atoms with E-state index >= 15 is 0 Å². The topological polar surface area (TPSA) is 40.5 Å². The average molecular weight is 296 g/mol. The fourth-order valence-electron chi connectivity index (χ4n) is 2.77. The maximum atomic E-state index is 12.4. The summed E-state index contributed by atoms with van der Waals surface area (Å²) in [5, 5.41) is 10.3. The molecule has 0 aromatic heterocycles. The number of carbonyl (C=O) groups excluding carboxylic acids is 1. The Balaban J connectivity index is 1.95. The number of rotatable bonds is 4. The quantitative estimate of drug-likeness (QED) is 0.928. The third-order valence-corrected chi connectivity index (χ3v) is 4.49. The van der Waals surface area contributed by atoms with Crippen LogP contribution >= 0.6 is 11.6 Å². The van der Waals surface area contributed by atoms with E-state index in [4.69, 9.17) is 11.6 Å². The number of halogens is 1. The van der Waals surface area contributed by atoms with Gasteiger partial charge in [-0.15, -0.1) is 0 Å². The Kier molecular flexibility index (Phi) is 5.06. The molecule has 4 heteroatoms. The zero-order chi connectivity index (χ0) is 14.7. The molecule has 1 amide bonds. The summed E-state index contributed by atoms with van der Waals surface area (Å²) in [4.78, 5) is 14.3. The van der Waals surface area contributed by atoms with Gasteiger partial charge in [-0.3, -0.25) is 4.79 Å². The van der Waals surface area contributed by atoms with Gasteiger partial charge in [-0.25, -0.2) is 0 Å². The molecule has 1 aliphatic rings. The molecule has 0 bridgehead atoms. The Hall–Kier alpha value is -1.06. The highest BCUT2D eigenvalue weighted by Crippen LogP contribution is 2.24. The summed E-state index contributed by atoms with van der Waals surface area (Å²) >= 11 is 6.14. The Morgan fingerprint density at radius 1 is 1.45 bits per heavy atom. The minimum Gasteiger partial charge on any atom is -0.393 e. The number of hydrogen-bond donors (Lipinski definition) is 1. The number of amides is 1. The molecule has 0 radical (unpaired) electrons. The van der Waals surface area contributed by atoms with E-state index in [2.05, 4.69) is 0 Å². The van der Waals surface area contributed by atoms with Crippen LogP contribution in [0.25, 0.3) is 0 Å². The van der Waals surface area contributed by atoms with Crippen LogP contribution in [0.2, 0.25) is 5.02 Å². The van der Waals surface area contributed by atoms with Crippen LogP contribution in [0.4, 0.5) is 0 Å². The van der Waals surface area contributed by atoms with Crippen LogP contribution in [0.15, 0.2) is 24.3 Å². The maximum Gasteiger partial charge on any atom is 0.225 e. The first-order valence-corrected chi connectivity index (χ1v) is 7.57. The molecule has 0 aliphatic carbocycles. The molecule has 20 heavy (non-hydrogen) atoms. The van der Waals surface area contributed by atoms with E-state index in [-0.39, 0.29) is 23.8 Å². The zero-order valence-electron chi connectivity index (χ0n) is 12.1. The first-order chi connectivity index (χ1) is 9.49. The second-order valence-electron chi connectivity index (χ2n) is 5.77. The zero-order valence-corrected chi connectivity index (χ0v) is 12.8. The van der Waals surface area contributed by atoms with Crippen LogP contribution in [0.3, 0.4) is 0 Å². The molecule has 1 aromatic rings. The molecule has 1 aliphatic heterocycles. The summed E-state index contributed by atoms with van der Waals surface area (Å²) in [6.07, 6.45) is 1.21. The molecule has 2 rings (SSSR count). The highest BCUT2D eigenvalue weighted by atomic mass is 35.5. The third kappa shape index (κ3) is 3.53. The summed E-state index contributed by atoms with van der Waals surface area (Å²) in [5.74, 6) is 0.294. The maximum absolute atomic E-state index is 12.4. The molecule has 1 saturated heterocycles. The molecular formula is C16H22ClNO2. The Labute approximate surface area is 125 Å². The molecule has 0 spiro atoms. The number of aliphatic hydroxyl groups is 1. The second-order valence-corrected chi connectivity index (χ2v) is 6.18. The smallest absolute Gasteiger partial charge is 0.225 e. The van der Waals surface area contributed by atoms with Gasteiger partial charge in [0.25, 0.3) is 0 Å². The average Bonchev–Trinajstić information content (AvgIpc) is 2.90. The number of hydrogen-bond acceptors (Lipinski definition) is 2. The molecule has 3 nitrogen and oxygen atoms in total. The molecule has 110 valence electrons. The van der Waals surface area contributed by atoms with Crippen molar-refractivity contribution in [2.24, 2.45) is 11.8 Å². The molecule has 3 unspecified atom stereocenters. The molecule has 1 fully saturated rings. The van der Waals surface area contributed by atoms with Crippen LogP contribution in [0.1, 0.15) is 25.8 Å². The monoisotopic (exact) mass is 295 g/mol. The molecule has 1 aromatic carbocycles. The first-order valence-electron chi connectivity index (χ1n) is 7.19. The largest absolute Gasteiger partial charge is 0.393 e. The van der Waals surface area contributed by atoms with Crippen molar-refractivity contribution >= 4 is 17.5 Å².